The molecule has 0 radical (unpaired) electrons. The van der Waals surface area contributed by atoms with Crippen LogP contribution in [0.1, 0.15) is 59.2 Å². The van der Waals surface area contributed by atoms with Crippen LogP contribution in [0.5, 0.6) is 0 Å². The summed E-state index contributed by atoms with van der Waals surface area (Å²) in [5.74, 6) is -0.855. The number of halogens is 3. The number of piperidine rings is 2. The van der Waals surface area contributed by atoms with E-state index in [4.69, 9.17) is 10.00 Å². The van der Waals surface area contributed by atoms with Crippen molar-refractivity contribution < 1.29 is 27.5 Å². The number of amides is 1. The number of hydrogen-bond acceptors (Lipinski definition) is 4. The molecular weight excluding hydrogens is 433 g/mol. The molecule has 2 atom stereocenters. The average molecular weight is 456 g/mol. The van der Waals surface area contributed by atoms with Crippen molar-refractivity contribution in [2.24, 2.45) is 5.92 Å². The summed E-state index contributed by atoms with van der Waals surface area (Å²) in [5, 5.41) is 8.98. The Labute approximate surface area is 189 Å². The lowest BCUT2D eigenvalue weighted by atomic mass is 9.75. The minimum Gasteiger partial charge on any atom is -0.445 e. The summed E-state index contributed by atoms with van der Waals surface area (Å²) in [5.41, 5.74) is -0.781. The summed E-state index contributed by atoms with van der Waals surface area (Å²) in [6.07, 6.45) is -1.99. The molecule has 2 aromatic rings. The molecule has 0 spiro atoms. The molecule has 0 saturated carbocycles. The molecule has 2 aliphatic heterocycles. The van der Waals surface area contributed by atoms with Gasteiger partial charge in [-0.25, -0.2) is 4.79 Å². The van der Waals surface area contributed by atoms with E-state index in [0.717, 1.165) is 37.0 Å². The van der Waals surface area contributed by atoms with E-state index in [1.165, 1.54) is 12.1 Å². The first-order valence-electron chi connectivity index (χ1n) is 10.9. The maximum Gasteiger partial charge on any atom is 0.417 e. The minimum absolute atomic E-state index is 0.0514. The molecule has 33 heavy (non-hydrogen) atoms. The van der Waals surface area contributed by atoms with Gasteiger partial charge in [0.2, 0.25) is 0 Å². The van der Waals surface area contributed by atoms with E-state index in [2.05, 4.69) is 0 Å². The molecule has 4 rings (SSSR count). The van der Waals surface area contributed by atoms with Gasteiger partial charge in [-0.2, -0.15) is 18.4 Å². The summed E-state index contributed by atoms with van der Waals surface area (Å²) in [7, 11) is 0. The third-order valence-corrected chi connectivity index (χ3v) is 6.49. The van der Waals surface area contributed by atoms with Crippen LogP contribution in [0, 0.1) is 17.2 Å². The molecular formula is C25H23F3N2O3. The van der Waals surface area contributed by atoms with Crippen molar-refractivity contribution >= 4 is 11.9 Å². The summed E-state index contributed by atoms with van der Waals surface area (Å²) < 4.78 is 45.5. The van der Waals surface area contributed by atoms with Gasteiger partial charge in [-0.1, -0.05) is 36.4 Å². The molecule has 2 bridgehead atoms. The number of Topliss-reactive ketones (excluding diaryl/α,β-unsaturated/α-hetero) is 1. The Bertz CT molecular complexity index is 1060. The van der Waals surface area contributed by atoms with Crippen LogP contribution in [-0.2, 0) is 17.5 Å². The topological polar surface area (TPSA) is 70.4 Å². The van der Waals surface area contributed by atoms with E-state index in [0.29, 0.717) is 12.8 Å². The predicted molar refractivity (Wildman–Crippen MR) is 113 cm³/mol. The SMILES string of the molecule is N#Cc1ccc(C(=O)C2CC3CCCC(C2)N3C(=O)OCc2ccccc2)cc1C(F)(F)F. The fourth-order valence-corrected chi connectivity index (χ4v) is 4.95. The number of ketones is 1. The summed E-state index contributed by atoms with van der Waals surface area (Å²) in [4.78, 5) is 27.7. The fraction of sp³-hybridized carbons (Fsp3) is 0.400. The van der Waals surface area contributed by atoms with Crippen LogP contribution >= 0.6 is 0 Å². The zero-order valence-corrected chi connectivity index (χ0v) is 17.8. The Morgan fingerprint density at radius 1 is 1.06 bits per heavy atom. The van der Waals surface area contributed by atoms with Crippen molar-refractivity contribution in [3.8, 4) is 6.07 Å². The van der Waals surface area contributed by atoms with Gasteiger partial charge in [0.05, 0.1) is 17.2 Å². The maximum atomic E-state index is 13.3. The average Bonchev–Trinajstić information content (AvgIpc) is 2.81. The van der Waals surface area contributed by atoms with Crippen molar-refractivity contribution in [1.29, 1.82) is 5.26 Å². The second-order valence-corrected chi connectivity index (χ2v) is 8.59. The number of rotatable bonds is 4. The molecule has 2 saturated heterocycles. The number of ether oxygens (including phenoxy) is 1. The van der Waals surface area contributed by atoms with Gasteiger partial charge >= 0.3 is 12.3 Å². The maximum absolute atomic E-state index is 13.3. The van der Waals surface area contributed by atoms with Gasteiger partial charge in [0.1, 0.15) is 6.61 Å². The zero-order chi connectivity index (χ0) is 23.6. The number of nitriles is 1. The number of hydrogen-bond donors (Lipinski definition) is 0. The molecule has 172 valence electrons. The second kappa shape index (κ2) is 9.26. The Morgan fingerprint density at radius 2 is 1.73 bits per heavy atom. The minimum atomic E-state index is -4.72. The number of nitrogens with zero attached hydrogens (tertiary/aromatic N) is 2. The number of carbonyl (C=O) groups is 2. The lowest BCUT2D eigenvalue weighted by Crippen LogP contribution is -2.55. The summed E-state index contributed by atoms with van der Waals surface area (Å²) in [6, 6.07) is 13.6. The van der Waals surface area contributed by atoms with Crippen molar-refractivity contribution in [2.45, 2.75) is 57.0 Å². The van der Waals surface area contributed by atoms with Gasteiger partial charge in [0.25, 0.3) is 0 Å². The van der Waals surface area contributed by atoms with Crippen LogP contribution in [0.2, 0.25) is 0 Å². The Kier molecular flexibility index (Phi) is 6.41. The molecule has 2 aliphatic rings. The highest BCUT2D eigenvalue weighted by atomic mass is 19.4. The first-order chi connectivity index (χ1) is 15.8. The highest BCUT2D eigenvalue weighted by Crippen LogP contribution is 2.40. The van der Waals surface area contributed by atoms with Crippen LogP contribution in [0.15, 0.2) is 48.5 Å². The first kappa shape index (κ1) is 22.8. The van der Waals surface area contributed by atoms with Gasteiger partial charge in [-0.3, -0.25) is 4.79 Å². The van der Waals surface area contributed by atoms with Crippen LogP contribution in [0.25, 0.3) is 0 Å². The Balaban J connectivity index is 1.48. The van der Waals surface area contributed by atoms with Crippen LogP contribution in [-0.4, -0.2) is 28.9 Å². The molecule has 2 unspecified atom stereocenters. The first-order valence-corrected chi connectivity index (χ1v) is 10.9. The van der Waals surface area contributed by atoms with E-state index in [1.54, 1.807) is 4.90 Å². The van der Waals surface area contributed by atoms with Crippen LogP contribution in [0.3, 0.4) is 0 Å². The third-order valence-electron chi connectivity index (χ3n) is 6.49. The zero-order valence-electron chi connectivity index (χ0n) is 17.8. The Hall–Kier alpha value is -3.34. The molecule has 0 N–H and O–H groups in total. The molecule has 0 aromatic heterocycles. The number of fused-ring (bicyclic) bond motifs is 2. The number of carbonyl (C=O) groups excluding carboxylic acids is 2. The monoisotopic (exact) mass is 456 g/mol. The van der Waals surface area contributed by atoms with Gasteiger partial charge in [-0.15, -0.1) is 0 Å². The van der Waals surface area contributed by atoms with Gasteiger partial charge in [-0.05, 0) is 49.8 Å². The molecule has 5 nitrogen and oxygen atoms in total. The molecule has 2 heterocycles. The molecule has 1 amide bonds. The van der Waals surface area contributed by atoms with E-state index in [9.17, 15) is 22.8 Å². The molecule has 8 heteroatoms. The quantitative estimate of drug-likeness (QED) is 0.551. The smallest absolute Gasteiger partial charge is 0.417 e. The second-order valence-electron chi connectivity index (χ2n) is 8.59. The van der Waals surface area contributed by atoms with E-state index >= 15 is 0 Å². The lowest BCUT2D eigenvalue weighted by Gasteiger charge is -2.47. The lowest BCUT2D eigenvalue weighted by molar-refractivity contribution is -0.137. The van der Waals surface area contributed by atoms with Crippen LogP contribution < -0.4 is 0 Å². The summed E-state index contributed by atoms with van der Waals surface area (Å²) in [6.45, 7) is 0.156. The molecule has 2 fully saturated rings. The van der Waals surface area contributed by atoms with Gasteiger partial charge < -0.3 is 9.64 Å². The van der Waals surface area contributed by atoms with E-state index in [1.807, 2.05) is 30.3 Å². The highest BCUT2D eigenvalue weighted by Gasteiger charge is 2.44. The standard InChI is InChI=1S/C25H23F3N2O3/c26-25(27,28)22-13-17(9-10-18(22)14-29)23(31)19-11-20-7-4-8-21(12-19)30(20)24(32)33-15-16-5-2-1-3-6-16/h1-3,5-6,9-10,13,19-21H,4,7-8,11-12,15H2. The van der Waals surface area contributed by atoms with Gasteiger partial charge in [0, 0.05) is 23.6 Å². The van der Waals surface area contributed by atoms with Crippen molar-refractivity contribution in [3.05, 3.63) is 70.8 Å². The molecule has 2 aromatic carbocycles. The predicted octanol–water partition coefficient (Wildman–Crippen LogP) is 5.73. The van der Waals surface area contributed by atoms with E-state index < -0.39 is 29.3 Å². The fourth-order valence-electron chi connectivity index (χ4n) is 4.95. The van der Waals surface area contributed by atoms with Crippen LogP contribution in [0.4, 0.5) is 18.0 Å². The van der Waals surface area contributed by atoms with E-state index in [-0.39, 0.29) is 30.0 Å². The molecule has 0 aliphatic carbocycles. The third kappa shape index (κ3) is 4.87. The van der Waals surface area contributed by atoms with Crippen molar-refractivity contribution in [3.63, 3.8) is 0 Å². The summed E-state index contributed by atoms with van der Waals surface area (Å²) >= 11 is 0. The van der Waals surface area contributed by atoms with Crippen molar-refractivity contribution in [1.82, 2.24) is 4.90 Å². The Morgan fingerprint density at radius 3 is 2.33 bits per heavy atom. The normalized spacial score (nSPS) is 22.4. The number of alkyl halides is 3. The highest BCUT2D eigenvalue weighted by molar-refractivity contribution is 5.98. The van der Waals surface area contributed by atoms with Gasteiger partial charge in [0.15, 0.2) is 5.78 Å². The largest absolute Gasteiger partial charge is 0.445 e. The van der Waals surface area contributed by atoms with Crippen molar-refractivity contribution in [2.75, 3.05) is 0 Å². The number of benzene rings is 2.